The number of nitrogens with zero attached hydrogens (tertiary/aromatic N) is 1. The Kier molecular flexibility index (Phi) is 5.51. The van der Waals surface area contributed by atoms with Crippen LogP contribution in [0.15, 0.2) is 18.2 Å². The largest absolute Gasteiger partial charge is 0.378 e. The molecule has 1 N–H and O–H groups in total. The predicted molar refractivity (Wildman–Crippen MR) is 91.8 cm³/mol. The van der Waals surface area contributed by atoms with Gasteiger partial charge in [-0.15, -0.1) is 0 Å². The van der Waals surface area contributed by atoms with E-state index in [-0.39, 0.29) is 11.8 Å². The van der Waals surface area contributed by atoms with Gasteiger partial charge in [-0.2, -0.15) is 0 Å². The van der Waals surface area contributed by atoms with E-state index < -0.39 is 6.04 Å². The quantitative estimate of drug-likeness (QED) is 0.909. The topological polar surface area (TPSA) is 58.6 Å². The first-order valence-electron chi connectivity index (χ1n) is 8.90. The van der Waals surface area contributed by atoms with Crippen LogP contribution in [-0.4, -0.2) is 49.1 Å². The lowest BCUT2D eigenvalue weighted by molar-refractivity contribution is -0.139. The lowest BCUT2D eigenvalue weighted by atomic mass is 9.90. The van der Waals surface area contributed by atoms with Gasteiger partial charge in [0.2, 0.25) is 11.8 Å². The highest BCUT2D eigenvalue weighted by atomic mass is 16.5. The van der Waals surface area contributed by atoms with E-state index in [1.807, 2.05) is 6.07 Å². The molecule has 1 atom stereocenters. The van der Waals surface area contributed by atoms with Crippen molar-refractivity contribution in [2.75, 3.05) is 26.3 Å². The SMILES string of the molecule is C[C@H](NC(=O)Cc1ccc2c(c1)CCCC2)C(=O)N1CCOCC1. The van der Waals surface area contributed by atoms with Crippen LogP contribution in [0.1, 0.15) is 36.5 Å². The lowest BCUT2D eigenvalue weighted by Crippen LogP contribution is -2.50. The first-order chi connectivity index (χ1) is 11.6. The zero-order valence-corrected chi connectivity index (χ0v) is 14.3. The van der Waals surface area contributed by atoms with Crippen LogP contribution in [0.2, 0.25) is 0 Å². The summed E-state index contributed by atoms with van der Waals surface area (Å²) in [6.07, 6.45) is 5.07. The number of fused-ring (bicyclic) bond motifs is 1. The third-order valence-corrected chi connectivity index (χ3v) is 4.85. The van der Waals surface area contributed by atoms with Crippen LogP contribution in [0.25, 0.3) is 0 Å². The number of ether oxygens (including phenoxy) is 1. The molecule has 130 valence electrons. The van der Waals surface area contributed by atoms with Crippen molar-refractivity contribution >= 4 is 11.8 Å². The molecule has 2 aliphatic rings. The Hall–Kier alpha value is -1.88. The highest BCUT2D eigenvalue weighted by Gasteiger charge is 2.23. The summed E-state index contributed by atoms with van der Waals surface area (Å²) in [5.74, 6) is -0.128. The van der Waals surface area contributed by atoms with Crippen molar-refractivity contribution in [3.63, 3.8) is 0 Å². The zero-order chi connectivity index (χ0) is 16.9. The summed E-state index contributed by atoms with van der Waals surface area (Å²) < 4.78 is 5.25. The molecule has 1 fully saturated rings. The second-order valence-electron chi connectivity index (χ2n) is 6.71. The Labute approximate surface area is 143 Å². The van der Waals surface area contributed by atoms with Crippen LogP contribution >= 0.6 is 0 Å². The van der Waals surface area contributed by atoms with Gasteiger partial charge in [0.25, 0.3) is 0 Å². The van der Waals surface area contributed by atoms with Crippen molar-refractivity contribution in [2.45, 2.75) is 45.1 Å². The van der Waals surface area contributed by atoms with E-state index in [0.717, 1.165) is 18.4 Å². The molecule has 1 heterocycles. The molecule has 3 rings (SSSR count). The summed E-state index contributed by atoms with van der Waals surface area (Å²) >= 11 is 0. The van der Waals surface area contributed by atoms with Gasteiger partial charge in [0, 0.05) is 13.1 Å². The Balaban J connectivity index is 1.54. The number of hydrogen-bond acceptors (Lipinski definition) is 3. The van der Waals surface area contributed by atoms with E-state index in [1.54, 1.807) is 11.8 Å². The van der Waals surface area contributed by atoms with Crippen LogP contribution in [0, 0.1) is 0 Å². The van der Waals surface area contributed by atoms with Crippen LogP contribution in [0.3, 0.4) is 0 Å². The van der Waals surface area contributed by atoms with Crippen molar-refractivity contribution in [3.05, 3.63) is 34.9 Å². The maximum absolute atomic E-state index is 12.3. The minimum absolute atomic E-state index is 0.0305. The second-order valence-corrected chi connectivity index (χ2v) is 6.71. The van der Waals surface area contributed by atoms with E-state index >= 15 is 0 Å². The molecule has 1 aliphatic heterocycles. The Morgan fingerprint density at radius 2 is 1.88 bits per heavy atom. The molecule has 0 radical (unpaired) electrons. The summed E-state index contributed by atoms with van der Waals surface area (Å²) in [6.45, 7) is 4.10. The summed E-state index contributed by atoms with van der Waals surface area (Å²) in [6, 6.07) is 5.85. The molecule has 1 aliphatic carbocycles. The van der Waals surface area contributed by atoms with Gasteiger partial charge < -0.3 is 15.0 Å². The van der Waals surface area contributed by atoms with Gasteiger partial charge in [-0.25, -0.2) is 0 Å². The van der Waals surface area contributed by atoms with Crippen LogP contribution in [0.5, 0.6) is 0 Å². The lowest BCUT2D eigenvalue weighted by Gasteiger charge is -2.29. The molecule has 24 heavy (non-hydrogen) atoms. The van der Waals surface area contributed by atoms with Crippen LogP contribution < -0.4 is 5.32 Å². The van der Waals surface area contributed by atoms with Gasteiger partial charge in [0.05, 0.1) is 19.6 Å². The minimum atomic E-state index is -0.492. The van der Waals surface area contributed by atoms with Crippen LogP contribution in [-0.2, 0) is 33.6 Å². The van der Waals surface area contributed by atoms with Crippen molar-refractivity contribution in [3.8, 4) is 0 Å². The number of carbonyl (C=O) groups is 2. The monoisotopic (exact) mass is 330 g/mol. The van der Waals surface area contributed by atoms with E-state index in [0.29, 0.717) is 32.7 Å². The number of amides is 2. The van der Waals surface area contributed by atoms with Gasteiger partial charge in [0.1, 0.15) is 6.04 Å². The molecule has 0 bridgehead atoms. The van der Waals surface area contributed by atoms with E-state index in [2.05, 4.69) is 17.4 Å². The minimum Gasteiger partial charge on any atom is -0.378 e. The standard InChI is InChI=1S/C19H26N2O3/c1-14(19(23)21-8-10-24-11-9-21)20-18(22)13-15-6-7-16-4-2-3-5-17(16)12-15/h6-7,12,14H,2-5,8-11,13H2,1H3,(H,20,22)/t14-/m0/s1. The van der Waals surface area contributed by atoms with Gasteiger partial charge in [-0.1, -0.05) is 18.2 Å². The Bertz CT molecular complexity index is 609. The molecule has 1 saturated heterocycles. The van der Waals surface area contributed by atoms with E-state index in [9.17, 15) is 9.59 Å². The average Bonchev–Trinajstić information content (AvgIpc) is 2.61. The van der Waals surface area contributed by atoms with Gasteiger partial charge in [0.15, 0.2) is 0 Å². The first-order valence-corrected chi connectivity index (χ1v) is 8.90. The van der Waals surface area contributed by atoms with Gasteiger partial charge >= 0.3 is 0 Å². The molecule has 5 nitrogen and oxygen atoms in total. The molecule has 0 saturated carbocycles. The molecule has 2 amide bonds. The maximum atomic E-state index is 12.3. The van der Waals surface area contributed by atoms with E-state index in [4.69, 9.17) is 4.74 Å². The Morgan fingerprint density at radius 3 is 2.62 bits per heavy atom. The molecule has 0 spiro atoms. The molecule has 0 aromatic heterocycles. The molecular weight excluding hydrogens is 304 g/mol. The molecular formula is C19H26N2O3. The average molecular weight is 330 g/mol. The highest BCUT2D eigenvalue weighted by Crippen LogP contribution is 2.22. The predicted octanol–water partition coefficient (Wildman–Crippen LogP) is 1.47. The zero-order valence-electron chi connectivity index (χ0n) is 14.3. The molecule has 5 heteroatoms. The normalized spacial score (nSPS) is 18.6. The van der Waals surface area contributed by atoms with Crippen molar-refractivity contribution < 1.29 is 14.3 Å². The van der Waals surface area contributed by atoms with Crippen molar-refractivity contribution in [2.24, 2.45) is 0 Å². The third-order valence-electron chi connectivity index (χ3n) is 4.85. The smallest absolute Gasteiger partial charge is 0.245 e. The van der Waals surface area contributed by atoms with Crippen LogP contribution in [0.4, 0.5) is 0 Å². The fourth-order valence-corrected chi connectivity index (χ4v) is 3.49. The summed E-state index contributed by atoms with van der Waals surface area (Å²) in [7, 11) is 0. The number of benzene rings is 1. The fourth-order valence-electron chi connectivity index (χ4n) is 3.49. The number of nitrogens with one attached hydrogen (secondary N) is 1. The molecule has 1 aromatic carbocycles. The second kappa shape index (κ2) is 7.79. The van der Waals surface area contributed by atoms with Crippen molar-refractivity contribution in [1.29, 1.82) is 0 Å². The Morgan fingerprint density at radius 1 is 1.17 bits per heavy atom. The van der Waals surface area contributed by atoms with E-state index in [1.165, 1.54) is 24.0 Å². The summed E-state index contributed by atoms with van der Waals surface area (Å²) in [5.41, 5.74) is 3.82. The van der Waals surface area contributed by atoms with Crippen molar-refractivity contribution in [1.82, 2.24) is 10.2 Å². The summed E-state index contributed by atoms with van der Waals surface area (Å²) in [5, 5.41) is 2.83. The first kappa shape index (κ1) is 17.0. The third kappa shape index (κ3) is 4.15. The molecule has 0 unspecified atom stereocenters. The number of rotatable bonds is 4. The number of hydrogen-bond donors (Lipinski definition) is 1. The number of morpholine rings is 1. The molecule has 1 aromatic rings. The summed E-state index contributed by atoms with van der Waals surface area (Å²) in [4.78, 5) is 26.4. The number of aryl methyl sites for hydroxylation is 2. The number of carbonyl (C=O) groups excluding carboxylic acids is 2. The van der Waals surface area contributed by atoms with Gasteiger partial charge in [-0.05, 0) is 49.3 Å². The maximum Gasteiger partial charge on any atom is 0.245 e. The van der Waals surface area contributed by atoms with Gasteiger partial charge in [-0.3, -0.25) is 9.59 Å². The fraction of sp³-hybridized carbons (Fsp3) is 0.579. The highest BCUT2D eigenvalue weighted by molar-refractivity contribution is 5.88.